The van der Waals surface area contributed by atoms with Crippen LogP contribution < -0.4 is 4.72 Å². The molecule has 0 spiro atoms. The van der Waals surface area contributed by atoms with Crippen LogP contribution in [-0.4, -0.2) is 33.5 Å². The van der Waals surface area contributed by atoms with Gasteiger partial charge in [-0.1, -0.05) is 11.2 Å². The Morgan fingerprint density at radius 3 is 2.43 bits per heavy atom. The highest BCUT2D eigenvalue weighted by atomic mass is 32.2. The molecular weight excluding hydrogens is 433 g/mol. The summed E-state index contributed by atoms with van der Waals surface area (Å²) >= 11 is 0. The minimum absolute atomic E-state index is 0.0925. The summed E-state index contributed by atoms with van der Waals surface area (Å²) in [6.45, 7) is 3.91. The molecule has 0 amide bonds. The first-order valence-corrected chi connectivity index (χ1v) is 11.9. The summed E-state index contributed by atoms with van der Waals surface area (Å²) in [7, 11) is -8.17. The predicted molar refractivity (Wildman–Crippen MR) is 106 cm³/mol. The zero-order valence-electron chi connectivity index (χ0n) is 16.5. The van der Waals surface area contributed by atoms with Crippen LogP contribution in [0.2, 0.25) is 0 Å². The molecule has 11 heteroatoms. The van der Waals surface area contributed by atoms with E-state index in [1.165, 1.54) is 45.3 Å². The van der Waals surface area contributed by atoms with Crippen LogP contribution in [0.15, 0.2) is 57.0 Å². The number of hydrogen-bond donors (Lipinski definition) is 1. The first-order chi connectivity index (χ1) is 14.0. The standard InChI is InChI=1S/C19H20FN3O5S2/c1-12-9-16(6-7-17(12)20)29(24,25)18(15-5-4-8-21-10-15)11-22-30(26,27)19-13(2)23-28-14(19)3/h4-10,18,22H,11H2,1-3H3. The summed E-state index contributed by atoms with van der Waals surface area (Å²) in [5, 5.41) is 2.34. The minimum atomic E-state index is -4.09. The maximum Gasteiger partial charge on any atom is 0.246 e. The largest absolute Gasteiger partial charge is 0.360 e. The van der Waals surface area contributed by atoms with Crippen molar-refractivity contribution in [1.29, 1.82) is 0 Å². The van der Waals surface area contributed by atoms with Gasteiger partial charge in [-0.25, -0.2) is 25.9 Å². The number of pyridine rings is 1. The third-order valence-corrected chi connectivity index (χ3v) is 8.35. The Labute approximate surface area is 174 Å². The van der Waals surface area contributed by atoms with Crippen LogP contribution in [0.1, 0.15) is 27.8 Å². The van der Waals surface area contributed by atoms with Crippen molar-refractivity contribution >= 4 is 19.9 Å². The quantitative estimate of drug-likeness (QED) is 0.546. The Morgan fingerprint density at radius 2 is 1.87 bits per heavy atom. The van der Waals surface area contributed by atoms with Crippen LogP contribution in [0.4, 0.5) is 4.39 Å². The molecule has 0 bridgehead atoms. The van der Waals surface area contributed by atoms with Crippen molar-refractivity contribution in [2.45, 2.75) is 35.8 Å². The summed E-state index contributed by atoms with van der Waals surface area (Å²) in [5.41, 5.74) is 0.619. The van der Waals surface area contributed by atoms with Gasteiger partial charge in [0.05, 0.1) is 4.90 Å². The Balaban J connectivity index is 2.01. The Hall–Kier alpha value is -2.63. The molecule has 30 heavy (non-hydrogen) atoms. The molecule has 1 aromatic carbocycles. The molecule has 0 radical (unpaired) electrons. The normalized spacial score (nSPS) is 13.3. The topological polar surface area (TPSA) is 119 Å². The van der Waals surface area contributed by atoms with Gasteiger partial charge in [0.2, 0.25) is 10.0 Å². The van der Waals surface area contributed by atoms with Crippen molar-refractivity contribution in [3.05, 3.63) is 71.1 Å². The zero-order valence-corrected chi connectivity index (χ0v) is 18.1. The summed E-state index contributed by atoms with van der Waals surface area (Å²) in [6, 6.07) is 6.53. The van der Waals surface area contributed by atoms with E-state index in [-0.39, 0.29) is 26.8 Å². The van der Waals surface area contributed by atoms with Gasteiger partial charge in [0.25, 0.3) is 0 Å². The lowest BCUT2D eigenvalue weighted by atomic mass is 10.2. The summed E-state index contributed by atoms with van der Waals surface area (Å²) in [4.78, 5) is 3.68. The highest BCUT2D eigenvalue weighted by Gasteiger charge is 2.33. The highest BCUT2D eigenvalue weighted by Crippen LogP contribution is 2.30. The van der Waals surface area contributed by atoms with Crippen molar-refractivity contribution in [3.63, 3.8) is 0 Å². The first-order valence-electron chi connectivity index (χ1n) is 8.86. The van der Waals surface area contributed by atoms with Crippen molar-refractivity contribution in [2.75, 3.05) is 6.54 Å². The lowest BCUT2D eigenvalue weighted by Crippen LogP contribution is -2.32. The van der Waals surface area contributed by atoms with Crippen LogP contribution in [-0.2, 0) is 19.9 Å². The number of nitrogens with zero attached hydrogens (tertiary/aromatic N) is 2. The number of aryl methyl sites for hydroxylation is 3. The summed E-state index contributed by atoms with van der Waals surface area (Å²) < 4.78 is 73.0. The average Bonchev–Trinajstić information content (AvgIpc) is 3.03. The van der Waals surface area contributed by atoms with Gasteiger partial charge in [-0.2, -0.15) is 0 Å². The van der Waals surface area contributed by atoms with Gasteiger partial charge >= 0.3 is 0 Å². The van der Waals surface area contributed by atoms with Crippen LogP contribution in [0.3, 0.4) is 0 Å². The fourth-order valence-electron chi connectivity index (χ4n) is 3.05. The number of hydrogen-bond acceptors (Lipinski definition) is 7. The maximum atomic E-state index is 13.6. The van der Waals surface area contributed by atoms with E-state index < -0.39 is 37.5 Å². The molecule has 2 heterocycles. The highest BCUT2D eigenvalue weighted by molar-refractivity contribution is 7.92. The van der Waals surface area contributed by atoms with Gasteiger partial charge in [-0.05, 0) is 56.2 Å². The van der Waals surface area contributed by atoms with Crippen molar-refractivity contribution < 1.29 is 25.7 Å². The number of sulfonamides is 1. The molecule has 8 nitrogen and oxygen atoms in total. The number of aromatic nitrogens is 2. The number of nitrogens with one attached hydrogen (secondary N) is 1. The minimum Gasteiger partial charge on any atom is -0.360 e. The van der Waals surface area contributed by atoms with E-state index >= 15 is 0 Å². The second-order valence-corrected chi connectivity index (χ2v) is 10.6. The molecule has 1 N–H and O–H groups in total. The second-order valence-electron chi connectivity index (χ2n) is 6.74. The number of sulfone groups is 1. The van der Waals surface area contributed by atoms with Crippen molar-refractivity contribution in [3.8, 4) is 0 Å². The molecule has 0 saturated heterocycles. The monoisotopic (exact) mass is 453 g/mol. The molecule has 0 fully saturated rings. The van der Waals surface area contributed by atoms with Crippen molar-refractivity contribution in [1.82, 2.24) is 14.9 Å². The van der Waals surface area contributed by atoms with Gasteiger partial charge in [0.15, 0.2) is 15.6 Å². The maximum absolute atomic E-state index is 13.6. The van der Waals surface area contributed by atoms with E-state index in [2.05, 4.69) is 14.9 Å². The van der Waals surface area contributed by atoms with E-state index in [0.29, 0.717) is 5.56 Å². The van der Waals surface area contributed by atoms with E-state index in [1.807, 2.05) is 0 Å². The molecule has 1 unspecified atom stereocenters. The van der Waals surface area contributed by atoms with Gasteiger partial charge in [-0.15, -0.1) is 0 Å². The third-order valence-electron chi connectivity index (χ3n) is 4.58. The summed E-state index contributed by atoms with van der Waals surface area (Å²) in [6.07, 6.45) is 2.83. The van der Waals surface area contributed by atoms with E-state index in [4.69, 9.17) is 4.52 Å². The fourth-order valence-corrected chi connectivity index (χ4v) is 6.25. The SMILES string of the molecule is Cc1cc(S(=O)(=O)C(CNS(=O)(=O)c2c(C)noc2C)c2cccnc2)ccc1F. The van der Waals surface area contributed by atoms with Crippen LogP contribution in [0.25, 0.3) is 0 Å². The smallest absolute Gasteiger partial charge is 0.246 e. The lowest BCUT2D eigenvalue weighted by Gasteiger charge is -2.19. The van der Waals surface area contributed by atoms with Crippen LogP contribution >= 0.6 is 0 Å². The lowest BCUT2D eigenvalue weighted by molar-refractivity contribution is 0.390. The van der Waals surface area contributed by atoms with E-state index in [9.17, 15) is 21.2 Å². The van der Waals surface area contributed by atoms with Crippen molar-refractivity contribution in [2.24, 2.45) is 0 Å². The van der Waals surface area contributed by atoms with Gasteiger partial charge in [-0.3, -0.25) is 4.98 Å². The average molecular weight is 454 g/mol. The zero-order chi connectivity index (χ0) is 22.1. The second kappa shape index (κ2) is 8.25. The predicted octanol–water partition coefficient (Wildman–Crippen LogP) is 2.63. The molecule has 2 aromatic heterocycles. The molecule has 0 aliphatic rings. The Bertz CT molecular complexity index is 1250. The molecule has 0 saturated carbocycles. The Kier molecular flexibility index (Phi) is 6.06. The van der Waals surface area contributed by atoms with E-state index in [1.54, 1.807) is 6.07 Å². The fraction of sp³-hybridized carbons (Fsp3) is 0.263. The molecular formula is C19H20FN3O5S2. The number of benzene rings is 1. The van der Waals surface area contributed by atoms with E-state index in [0.717, 1.165) is 12.1 Å². The van der Waals surface area contributed by atoms with Crippen LogP contribution in [0, 0.1) is 26.6 Å². The van der Waals surface area contributed by atoms with Gasteiger partial charge in [0, 0.05) is 18.9 Å². The molecule has 1 atom stereocenters. The van der Waals surface area contributed by atoms with Gasteiger partial charge < -0.3 is 4.52 Å². The molecule has 3 rings (SSSR count). The number of halogens is 1. The molecule has 0 aliphatic carbocycles. The first kappa shape index (κ1) is 22.1. The molecule has 160 valence electrons. The molecule has 0 aliphatic heterocycles. The Morgan fingerprint density at radius 1 is 1.13 bits per heavy atom. The molecule has 3 aromatic rings. The van der Waals surface area contributed by atoms with Gasteiger partial charge in [0.1, 0.15) is 21.7 Å². The van der Waals surface area contributed by atoms with Crippen LogP contribution in [0.5, 0.6) is 0 Å². The summed E-state index contributed by atoms with van der Waals surface area (Å²) in [5.74, 6) is -0.444. The third kappa shape index (κ3) is 4.27. The number of rotatable bonds is 7.